The topological polar surface area (TPSA) is 114 Å². The number of rotatable bonds is 7. The predicted molar refractivity (Wildman–Crippen MR) is 144 cm³/mol. The first-order valence-corrected chi connectivity index (χ1v) is 12.0. The highest BCUT2D eigenvalue weighted by atomic mass is 35.5. The monoisotopic (exact) mass is 553 g/mol. The molecule has 38 heavy (non-hydrogen) atoms. The van der Waals surface area contributed by atoms with Gasteiger partial charge in [0.2, 0.25) is 0 Å². The third-order valence-electron chi connectivity index (χ3n) is 5.50. The fourth-order valence-corrected chi connectivity index (χ4v) is 3.86. The van der Waals surface area contributed by atoms with Crippen molar-refractivity contribution in [3.8, 4) is 11.5 Å². The normalized spacial score (nSPS) is 14.4. The van der Waals surface area contributed by atoms with E-state index < -0.39 is 23.8 Å². The summed E-state index contributed by atoms with van der Waals surface area (Å²) >= 11 is 12.0. The summed E-state index contributed by atoms with van der Waals surface area (Å²) in [7, 11) is 1.41. The van der Waals surface area contributed by atoms with Crippen molar-refractivity contribution >= 4 is 64.4 Å². The van der Waals surface area contributed by atoms with Crippen LogP contribution in [0.2, 0.25) is 10.0 Å². The van der Waals surface area contributed by atoms with Gasteiger partial charge < -0.3 is 14.8 Å². The zero-order chi connectivity index (χ0) is 27.4. The Kier molecular flexibility index (Phi) is 7.99. The summed E-state index contributed by atoms with van der Waals surface area (Å²) in [6.45, 7) is 1.55. The summed E-state index contributed by atoms with van der Waals surface area (Å²) in [6.07, 6.45) is 1.33. The van der Waals surface area contributed by atoms with Crippen LogP contribution in [0, 0.1) is 6.92 Å². The fraction of sp³-hybridized carbons (Fsp3) is 0.111. The molecule has 5 amide bonds. The highest BCUT2D eigenvalue weighted by Gasteiger charge is 2.36. The highest BCUT2D eigenvalue weighted by molar-refractivity contribution is 6.39. The maximum atomic E-state index is 13.1. The van der Waals surface area contributed by atoms with Crippen LogP contribution in [0.5, 0.6) is 11.5 Å². The lowest BCUT2D eigenvalue weighted by atomic mass is 10.1. The molecule has 3 aromatic rings. The Balaban J connectivity index is 1.50. The summed E-state index contributed by atoms with van der Waals surface area (Å²) in [4.78, 5) is 51.0. The molecular formula is C27H21Cl2N3O6. The van der Waals surface area contributed by atoms with Crippen molar-refractivity contribution in [2.24, 2.45) is 0 Å². The van der Waals surface area contributed by atoms with E-state index in [2.05, 4.69) is 10.6 Å². The van der Waals surface area contributed by atoms with Gasteiger partial charge in [-0.25, -0.2) is 9.69 Å². The summed E-state index contributed by atoms with van der Waals surface area (Å²) in [5.74, 6) is -1.51. The van der Waals surface area contributed by atoms with Gasteiger partial charge in [-0.1, -0.05) is 35.3 Å². The number of halogens is 2. The van der Waals surface area contributed by atoms with Crippen LogP contribution in [0.1, 0.15) is 11.1 Å². The Morgan fingerprint density at radius 3 is 2.42 bits per heavy atom. The number of ether oxygens (including phenoxy) is 2. The zero-order valence-electron chi connectivity index (χ0n) is 20.2. The molecule has 0 unspecified atom stereocenters. The van der Waals surface area contributed by atoms with Gasteiger partial charge in [-0.2, -0.15) is 0 Å². The molecule has 1 aliphatic rings. The average Bonchev–Trinajstić information content (AvgIpc) is 2.88. The fourth-order valence-electron chi connectivity index (χ4n) is 3.55. The molecule has 0 aromatic heterocycles. The molecule has 9 nitrogen and oxygen atoms in total. The Morgan fingerprint density at radius 2 is 1.74 bits per heavy atom. The van der Waals surface area contributed by atoms with E-state index >= 15 is 0 Å². The minimum Gasteiger partial charge on any atom is -0.493 e. The number of anilines is 2. The lowest BCUT2D eigenvalue weighted by Gasteiger charge is -2.26. The molecule has 1 heterocycles. The van der Waals surface area contributed by atoms with E-state index in [1.165, 1.54) is 49.6 Å². The van der Waals surface area contributed by atoms with Crippen molar-refractivity contribution in [3.63, 3.8) is 0 Å². The van der Waals surface area contributed by atoms with Crippen molar-refractivity contribution in [1.29, 1.82) is 0 Å². The van der Waals surface area contributed by atoms with E-state index in [1.807, 2.05) is 6.92 Å². The van der Waals surface area contributed by atoms with E-state index in [0.717, 1.165) is 10.5 Å². The molecule has 0 radical (unpaired) electrons. The standard InChI is InChI=1S/C27H21Cl2N3O6/c1-15-3-7-18(13-21(15)29)30-24(33)14-38-22-10-4-16(12-23(22)37-2)11-20-25(34)31-27(36)32(26(20)35)19-8-5-17(28)6-9-19/h3-13H,14H2,1-2H3,(H,30,33)(H,31,34,36)/b20-11-. The van der Waals surface area contributed by atoms with Crippen molar-refractivity contribution in [2.45, 2.75) is 6.92 Å². The van der Waals surface area contributed by atoms with Gasteiger partial charge in [0.25, 0.3) is 17.7 Å². The molecule has 0 bridgehead atoms. The van der Waals surface area contributed by atoms with Crippen LogP contribution >= 0.6 is 23.2 Å². The molecule has 0 atom stereocenters. The molecule has 11 heteroatoms. The van der Waals surface area contributed by atoms with Crippen molar-refractivity contribution in [3.05, 3.63) is 87.4 Å². The molecule has 1 aliphatic heterocycles. The number of carbonyl (C=O) groups is 4. The number of nitrogens with one attached hydrogen (secondary N) is 2. The lowest BCUT2D eigenvalue weighted by Crippen LogP contribution is -2.54. The summed E-state index contributed by atoms with van der Waals surface area (Å²) < 4.78 is 11.0. The number of imide groups is 2. The minimum absolute atomic E-state index is 0.253. The number of aryl methyl sites for hydroxylation is 1. The van der Waals surface area contributed by atoms with E-state index in [9.17, 15) is 19.2 Å². The van der Waals surface area contributed by atoms with E-state index in [1.54, 1.807) is 24.3 Å². The van der Waals surface area contributed by atoms with E-state index in [-0.39, 0.29) is 29.4 Å². The summed E-state index contributed by atoms with van der Waals surface area (Å²) in [6, 6.07) is 15.0. The number of urea groups is 1. The van der Waals surface area contributed by atoms with Crippen molar-refractivity contribution in [2.75, 3.05) is 23.9 Å². The maximum Gasteiger partial charge on any atom is 0.335 e. The highest BCUT2D eigenvalue weighted by Crippen LogP contribution is 2.30. The Bertz CT molecular complexity index is 1470. The smallest absolute Gasteiger partial charge is 0.335 e. The second-order valence-electron chi connectivity index (χ2n) is 8.15. The van der Waals surface area contributed by atoms with Crippen LogP contribution in [-0.4, -0.2) is 37.5 Å². The largest absolute Gasteiger partial charge is 0.493 e. The first-order chi connectivity index (χ1) is 18.2. The number of hydrogen-bond acceptors (Lipinski definition) is 6. The molecule has 1 saturated heterocycles. The molecule has 0 saturated carbocycles. The van der Waals surface area contributed by atoms with Gasteiger partial charge in [-0.05, 0) is 72.7 Å². The molecule has 194 valence electrons. The van der Waals surface area contributed by atoms with Gasteiger partial charge in [0, 0.05) is 15.7 Å². The van der Waals surface area contributed by atoms with Gasteiger partial charge in [0.15, 0.2) is 18.1 Å². The average molecular weight is 554 g/mol. The molecule has 0 aliphatic carbocycles. The number of amides is 5. The maximum absolute atomic E-state index is 13.1. The second-order valence-corrected chi connectivity index (χ2v) is 8.99. The minimum atomic E-state index is -0.869. The Labute approximate surface area is 227 Å². The molecule has 1 fully saturated rings. The van der Waals surface area contributed by atoms with Crippen LogP contribution in [0.25, 0.3) is 6.08 Å². The molecular weight excluding hydrogens is 533 g/mol. The third kappa shape index (κ3) is 5.96. The summed E-state index contributed by atoms with van der Waals surface area (Å²) in [5, 5.41) is 5.81. The van der Waals surface area contributed by atoms with Crippen molar-refractivity contribution < 1.29 is 28.7 Å². The Hall–Kier alpha value is -4.34. The van der Waals surface area contributed by atoms with E-state index in [4.69, 9.17) is 32.7 Å². The molecule has 4 rings (SSSR count). The van der Waals surface area contributed by atoms with Gasteiger partial charge in [-0.15, -0.1) is 0 Å². The SMILES string of the molecule is COc1cc(/C=C2/C(=O)NC(=O)N(c3ccc(Cl)cc3)C2=O)ccc1OCC(=O)Nc1ccc(C)c(Cl)c1. The number of barbiturate groups is 1. The zero-order valence-corrected chi connectivity index (χ0v) is 21.7. The lowest BCUT2D eigenvalue weighted by molar-refractivity contribution is -0.122. The number of hydrogen-bond donors (Lipinski definition) is 2. The Morgan fingerprint density at radius 1 is 1.00 bits per heavy atom. The molecule has 2 N–H and O–H groups in total. The van der Waals surface area contributed by atoms with Crippen LogP contribution < -0.4 is 25.0 Å². The van der Waals surface area contributed by atoms with Crippen LogP contribution in [0.3, 0.4) is 0 Å². The van der Waals surface area contributed by atoms with Gasteiger partial charge in [0.05, 0.1) is 12.8 Å². The molecule has 0 spiro atoms. The first kappa shape index (κ1) is 26.7. The second kappa shape index (κ2) is 11.4. The van der Waals surface area contributed by atoms with E-state index in [0.29, 0.717) is 21.3 Å². The number of nitrogens with zero attached hydrogens (tertiary/aromatic N) is 1. The molecule has 3 aromatic carbocycles. The van der Waals surface area contributed by atoms with Crippen LogP contribution in [0.15, 0.2) is 66.2 Å². The predicted octanol–water partition coefficient (Wildman–Crippen LogP) is 4.99. The number of benzene rings is 3. The van der Waals surface area contributed by atoms with Crippen LogP contribution in [0.4, 0.5) is 16.2 Å². The number of methoxy groups -OCH3 is 1. The van der Waals surface area contributed by atoms with Gasteiger partial charge in [0.1, 0.15) is 5.57 Å². The third-order valence-corrected chi connectivity index (χ3v) is 6.16. The first-order valence-electron chi connectivity index (χ1n) is 11.2. The van der Waals surface area contributed by atoms with Crippen molar-refractivity contribution in [1.82, 2.24) is 5.32 Å². The summed E-state index contributed by atoms with van der Waals surface area (Å²) in [5.41, 5.74) is 1.84. The van der Waals surface area contributed by atoms with Gasteiger partial charge >= 0.3 is 6.03 Å². The van der Waals surface area contributed by atoms with Gasteiger partial charge in [-0.3, -0.25) is 19.7 Å². The quantitative estimate of drug-likeness (QED) is 0.314. The number of carbonyl (C=O) groups excluding carboxylic acids is 4. The van der Waals surface area contributed by atoms with Crippen LogP contribution in [-0.2, 0) is 14.4 Å².